The number of nitrogens with one attached hydrogen (secondary N) is 1. The molecule has 1 N–H and O–H groups in total. The SMILES string of the molecule is Cc1ccc(C(=O)CCC(=O)NCc2ccc(Br)cc2Cl)s1. The van der Waals surface area contributed by atoms with Crippen molar-refractivity contribution >= 4 is 50.6 Å². The van der Waals surface area contributed by atoms with Gasteiger partial charge in [-0.1, -0.05) is 33.6 Å². The lowest BCUT2D eigenvalue weighted by Crippen LogP contribution is -2.23. The number of halogens is 2. The van der Waals surface area contributed by atoms with Crippen LogP contribution in [0.2, 0.25) is 5.02 Å². The van der Waals surface area contributed by atoms with E-state index in [1.165, 1.54) is 11.3 Å². The van der Waals surface area contributed by atoms with Crippen LogP contribution in [0.1, 0.15) is 33.0 Å². The first-order valence-corrected chi connectivity index (χ1v) is 8.74. The van der Waals surface area contributed by atoms with Gasteiger partial charge in [-0.15, -0.1) is 11.3 Å². The Morgan fingerprint density at radius 2 is 2.00 bits per heavy atom. The van der Waals surface area contributed by atoms with Crippen molar-refractivity contribution in [2.24, 2.45) is 0 Å². The van der Waals surface area contributed by atoms with Crippen molar-refractivity contribution in [1.82, 2.24) is 5.32 Å². The minimum Gasteiger partial charge on any atom is -0.352 e. The number of Topliss-reactive ketones (excluding diaryl/α,β-unsaturated/α-hetero) is 1. The lowest BCUT2D eigenvalue weighted by Gasteiger charge is -2.07. The van der Waals surface area contributed by atoms with Gasteiger partial charge >= 0.3 is 0 Å². The molecule has 0 radical (unpaired) electrons. The van der Waals surface area contributed by atoms with Gasteiger partial charge in [-0.3, -0.25) is 9.59 Å². The Morgan fingerprint density at radius 3 is 2.64 bits per heavy atom. The average molecular weight is 401 g/mol. The fourth-order valence-corrected chi connectivity index (χ4v) is 3.46. The number of carbonyl (C=O) groups excluding carboxylic acids is 2. The summed E-state index contributed by atoms with van der Waals surface area (Å²) >= 11 is 10.9. The van der Waals surface area contributed by atoms with Crippen LogP contribution in [0.3, 0.4) is 0 Å². The first-order chi connectivity index (χ1) is 10.5. The lowest BCUT2D eigenvalue weighted by atomic mass is 10.1. The number of amides is 1. The van der Waals surface area contributed by atoms with E-state index < -0.39 is 0 Å². The Labute approximate surface area is 146 Å². The minimum absolute atomic E-state index is 0.00919. The molecule has 0 bridgehead atoms. The molecule has 2 aromatic rings. The topological polar surface area (TPSA) is 46.2 Å². The molecule has 0 fully saturated rings. The van der Waals surface area contributed by atoms with Crippen LogP contribution in [0, 0.1) is 6.92 Å². The Kier molecular flexibility index (Phi) is 6.17. The molecule has 0 saturated carbocycles. The van der Waals surface area contributed by atoms with E-state index in [0.717, 1.165) is 14.9 Å². The minimum atomic E-state index is -0.152. The molecule has 2 rings (SSSR count). The molecule has 22 heavy (non-hydrogen) atoms. The number of aryl methyl sites for hydroxylation is 1. The van der Waals surface area contributed by atoms with Crippen LogP contribution in [0.25, 0.3) is 0 Å². The summed E-state index contributed by atoms with van der Waals surface area (Å²) in [7, 11) is 0. The quantitative estimate of drug-likeness (QED) is 0.711. The predicted molar refractivity (Wildman–Crippen MR) is 93.6 cm³/mol. The van der Waals surface area contributed by atoms with E-state index in [2.05, 4.69) is 21.2 Å². The molecular formula is C16H15BrClNO2S. The fourth-order valence-electron chi connectivity index (χ4n) is 1.88. The van der Waals surface area contributed by atoms with Crippen molar-refractivity contribution in [2.45, 2.75) is 26.3 Å². The molecule has 0 aliphatic heterocycles. The van der Waals surface area contributed by atoms with Crippen molar-refractivity contribution < 1.29 is 9.59 Å². The third-order valence-electron chi connectivity index (χ3n) is 3.09. The van der Waals surface area contributed by atoms with Crippen LogP contribution in [0.4, 0.5) is 0 Å². The molecule has 1 aromatic carbocycles. The van der Waals surface area contributed by atoms with Crippen LogP contribution < -0.4 is 5.32 Å². The standard InChI is InChI=1S/C16H15BrClNO2S/c1-10-2-6-15(22-10)14(20)5-7-16(21)19-9-11-3-4-12(17)8-13(11)18/h2-4,6,8H,5,7,9H2,1H3,(H,19,21). The highest BCUT2D eigenvalue weighted by Crippen LogP contribution is 2.21. The lowest BCUT2D eigenvalue weighted by molar-refractivity contribution is -0.121. The summed E-state index contributed by atoms with van der Waals surface area (Å²) in [5.41, 5.74) is 0.846. The van der Waals surface area contributed by atoms with Crippen molar-refractivity contribution in [3.63, 3.8) is 0 Å². The highest BCUT2D eigenvalue weighted by molar-refractivity contribution is 9.10. The van der Waals surface area contributed by atoms with Crippen LogP contribution in [0.5, 0.6) is 0 Å². The van der Waals surface area contributed by atoms with E-state index in [1.54, 1.807) is 6.07 Å². The van der Waals surface area contributed by atoms with Gasteiger partial charge in [0, 0.05) is 33.8 Å². The summed E-state index contributed by atoms with van der Waals surface area (Å²) in [5.74, 6) is -0.143. The maximum absolute atomic E-state index is 11.9. The Morgan fingerprint density at radius 1 is 1.23 bits per heavy atom. The second kappa shape index (κ2) is 7.90. The van der Waals surface area contributed by atoms with E-state index in [9.17, 15) is 9.59 Å². The number of ketones is 1. The summed E-state index contributed by atoms with van der Waals surface area (Å²) in [4.78, 5) is 25.6. The van der Waals surface area contributed by atoms with Crippen LogP contribution in [-0.2, 0) is 11.3 Å². The van der Waals surface area contributed by atoms with Gasteiger partial charge in [0.05, 0.1) is 4.88 Å². The molecular weight excluding hydrogens is 386 g/mol. The maximum atomic E-state index is 11.9. The van der Waals surface area contributed by atoms with Crippen LogP contribution in [0.15, 0.2) is 34.8 Å². The molecule has 6 heteroatoms. The molecule has 116 valence electrons. The zero-order valence-electron chi connectivity index (χ0n) is 12.0. The largest absolute Gasteiger partial charge is 0.352 e. The zero-order chi connectivity index (χ0) is 16.1. The predicted octanol–water partition coefficient (Wildman–Crippen LogP) is 4.75. The van der Waals surface area contributed by atoms with Gasteiger partial charge in [0.2, 0.25) is 5.91 Å². The summed E-state index contributed by atoms with van der Waals surface area (Å²) < 4.78 is 0.893. The van der Waals surface area contributed by atoms with Gasteiger partial charge in [-0.25, -0.2) is 0 Å². The molecule has 1 heterocycles. The maximum Gasteiger partial charge on any atom is 0.220 e. The van der Waals surface area contributed by atoms with Gasteiger partial charge in [0.15, 0.2) is 5.78 Å². The molecule has 0 aliphatic rings. The third kappa shape index (κ3) is 4.93. The van der Waals surface area contributed by atoms with Gasteiger partial charge in [0.1, 0.15) is 0 Å². The molecule has 0 atom stereocenters. The van der Waals surface area contributed by atoms with Crippen molar-refractivity contribution in [2.75, 3.05) is 0 Å². The molecule has 1 aromatic heterocycles. The first-order valence-electron chi connectivity index (χ1n) is 6.76. The fraction of sp³-hybridized carbons (Fsp3) is 0.250. The van der Waals surface area contributed by atoms with Crippen molar-refractivity contribution in [1.29, 1.82) is 0 Å². The molecule has 0 unspecified atom stereocenters. The van der Waals surface area contributed by atoms with E-state index in [-0.39, 0.29) is 24.5 Å². The molecule has 0 spiro atoms. The average Bonchev–Trinajstić information content (AvgIpc) is 2.90. The van der Waals surface area contributed by atoms with E-state index in [1.807, 2.05) is 31.2 Å². The van der Waals surface area contributed by atoms with Crippen LogP contribution in [-0.4, -0.2) is 11.7 Å². The molecule has 0 aliphatic carbocycles. The number of hydrogen-bond acceptors (Lipinski definition) is 3. The highest BCUT2D eigenvalue weighted by Gasteiger charge is 2.11. The molecule has 3 nitrogen and oxygen atoms in total. The van der Waals surface area contributed by atoms with Gasteiger partial charge in [0.25, 0.3) is 0 Å². The zero-order valence-corrected chi connectivity index (χ0v) is 15.1. The smallest absolute Gasteiger partial charge is 0.220 e. The summed E-state index contributed by atoms with van der Waals surface area (Å²) in [6.07, 6.45) is 0.407. The Hall–Kier alpha value is -1.17. The number of thiophene rings is 1. The number of carbonyl (C=O) groups is 2. The second-order valence-electron chi connectivity index (χ2n) is 4.85. The van der Waals surface area contributed by atoms with Crippen molar-refractivity contribution in [3.8, 4) is 0 Å². The Bertz CT molecular complexity index is 699. The summed E-state index contributed by atoms with van der Waals surface area (Å²) in [6, 6.07) is 9.23. The molecule has 1 amide bonds. The van der Waals surface area contributed by atoms with Crippen LogP contribution >= 0.6 is 38.9 Å². The molecule has 0 saturated heterocycles. The Balaban J connectivity index is 1.79. The van der Waals surface area contributed by atoms with E-state index in [4.69, 9.17) is 11.6 Å². The van der Waals surface area contributed by atoms with E-state index in [0.29, 0.717) is 16.4 Å². The second-order valence-corrected chi connectivity index (χ2v) is 7.46. The number of hydrogen-bond donors (Lipinski definition) is 1. The number of benzene rings is 1. The van der Waals surface area contributed by atoms with Gasteiger partial charge in [-0.05, 0) is 36.8 Å². The summed E-state index contributed by atoms with van der Waals surface area (Å²) in [6.45, 7) is 2.31. The summed E-state index contributed by atoms with van der Waals surface area (Å²) in [5, 5.41) is 3.38. The number of rotatable bonds is 6. The first kappa shape index (κ1) is 17.2. The normalized spacial score (nSPS) is 10.5. The van der Waals surface area contributed by atoms with Gasteiger partial charge < -0.3 is 5.32 Å². The van der Waals surface area contributed by atoms with Gasteiger partial charge in [-0.2, -0.15) is 0 Å². The monoisotopic (exact) mass is 399 g/mol. The van der Waals surface area contributed by atoms with E-state index >= 15 is 0 Å². The highest BCUT2D eigenvalue weighted by atomic mass is 79.9. The van der Waals surface area contributed by atoms with Crippen molar-refractivity contribution in [3.05, 3.63) is 55.1 Å². The third-order valence-corrected chi connectivity index (χ3v) is 4.97.